The molecule has 0 bridgehead atoms. The standard InChI is InChI=1S/C24H32N6O2S/c31-15-24(9-3-10-24)29-22-20-19(4-1-2-13-33(20)32)27-23(28-22)30-11-7-16(8-12-30)21-25-14-17-5-6-18(17)26-21/h14,16,31H,1-13,15H2,(H,27,28,29)/t33-/m0/s1. The topological polar surface area (TPSA) is 104 Å². The van der Waals surface area contributed by atoms with Crippen molar-refractivity contribution in [2.24, 2.45) is 0 Å². The predicted molar refractivity (Wildman–Crippen MR) is 127 cm³/mol. The van der Waals surface area contributed by atoms with Crippen LogP contribution >= 0.6 is 0 Å². The van der Waals surface area contributed by atoms with Crippen molar-refractivity contribution in [1.82, 2.24) is 19.9 Å². The monoisotopic (exact) mass is 468 g/mol. The molecule has 4 heterocycles. The third kappa shape index (κ3) is 3.93. The third-order valence-electron chi connectivity index (χ3n) is 7.89. The molecule has 1 atom stereocenters. The van der Waals surface area contributed by atoms with Crippen LogP contribution in [-0.2, 0) is 30.1 Å². The minimum absolute atomic E-state index is 0.0694. The zero-order chi connectivity index (χ0) is 22.4. The SMILES string of the molecule is O=[S@]1CCCCc2nc(N3CCC(c4ncc5c(n4)CC5)CC3)nc(NC3(CO)CCC3)c21. The molecule has 0 amide bonds. The van der Waals surface area contributed by atoms with Crippen LogP contribution < -0.4 is 10.2 Å². The molecule has 1 saturated heterocycles. The maximum atomic E-state index is 13.1. The van der Waals surface area contributed by atoms with Crippen molar-refractivity contribution in [3.63, 3.8) is 0 Å². The summed E-state index contributed by atoms with van der Waals surface area (Å²) in [6.45, 7) is 1.79. The Kier molecular flexibility index (Phi) is 5.57. The molecule has 0 radical (unpaired) electrons. The Morgan fingerprint density at radius 2 is 1.91 bits per heavy atom. The number of aliphatic hydroxyl groups is 1. The zero-order valence-electron chi connectivity index (χ0n) is 19.1. The average Bonchev–Trinajstić information content (AvgIpc) is 2.98. The van der Waals surface area contributed by atoms with Crippen molar-refractivity contribution in [3.8, 4) is 0 Å². The number of hydrogen-bond donors (Lipinski definition) is 2. The van der Waals surface area contributed by atoms with E-state index in [2.05, 4.69) is 15.2 Å². The first-order valence-corrected chi connectivity index (χ1v) is 13.7. The molecule has 6 rings (SSSR count). The van der Waals surface area contributed by atoms with Gasteiger partial charge in [0, 0.05) is 36.7 Å². The summed E-state index contributed by atoms with van der Waals surface area (Å²) in [6, 6.07) is 0. The van der Waals surface area contributed by atoms with Crippen molar-refractivity contribution >= 4 is 22.6 Å². The van der Waals surface area contributed by atoms with Gasteiger partial charge in [-0.05, 0) is 69.8 Å². The van der Waals surface area contributed by atoms with E-state index in [0.717, 1.165) is 99.7 Å². The lowest BCUT2D eigenvalue weighted by atomic mass is 9.77. The molecule has 8 nitrogen and oxygen atoms in total. The van der Waals surface area contributed by atoms with Gasteiger partial charge in [0.2, 0.25) is 5.95 Å². The minimum atomic E-state index is -1.11. The summed E-state index contributed by atoms with van der Waals surface area (Å²) in [6.07, 6.45) is 11.9. The van der Waals surface area contributed by atoms with Gasteiger partial charge in [-0.1, -0.05) is 0 Å². The Morgan fingerprint density at radius 3 is 2.58 bits per heavy atom. The highest BCUT2D eigenvalue weighted by atomic mass is 32.2. The molecule has 0 unspecified atom stereocenters. The Balaban J connectivity index is 1.25. The highest BCUT2D eigenvalue weighted by Crippen LogP contribution is 2.38. The Labute approximate surface area is 197 Å². The summed E-state index contributed by atoms with van der Waals surface area (Å²) in [4.78, 5) is 22.3. The van der Waals surface area contributed by atoms with Crippen LogP contribution in [0.1, 0.15) is 73.6 Å². The highest BCUT2D eigenvalue weighted by molar-refractivity contribution is 7.85. The fourth-order valence-corrected chi connectivity index (χ4v) is 6.81. The van der Waals surface area contributed by atoms with E-state index in [1.807, 2.05) is 6.20 Å². The number of rotatable bonds is 5. The molecule has 2 aliphatic heterocycles. The fourth-order valence-electron chi connectivity index (χ4n) is 5.42. The molecule has 2 N–H and O–H groups in total. The van der Waals surface area contributed by atoms with E-state index in [-0.39, 0.29) is 12.1 Å². The first-order valence-electron chi connectivity index (χ1n) is 12.4. The molecule has 176 valence electrons. The van der Waals surface area contributed by atoms with Gasteiger partial charge in [-0.2, -0.15) is 4.98 Å². The van der Waals surface area contributed by atoms with Gasteiger partial charge in [0.15, 0.2) is 0 Å². The zero-order valence-corrected chi connectivity index (χ0v) is 19.9. The second-order valence-electron chi connectivity index (χ2n) is 10.0. The number of nitrogens with one attached hydrogen (secondary N) is 1. The summed E-state index contributed by atoms with van der Waals surface area (Å²) in [5, 5.41) is 13.5. The van der Waals surface area contributed by atoms with E-state index in [0.29, 0.717) is 17.5 Å². The van der Waals surface area contributed by atoms with Gasteiger partial charge in [0.05, 0.1) is 28.6 Å². The molecule has 0 spiro atoms. The summed E-state index contributed by atoms with van der Waals surface area (Å²) in [5.41, 5.74) is 3.11. The molecular weight excluding hydrogens is 436 g/mol. The first-order chi connectivity index (χ1) is 16.1. The van der Waals surface area contributed by atoms with E-state index >= 15 is 0 Å². The lowest BCUT2D eigenvalue weighted by molar-refractivity contribution is 0.143. The number of fused-ring (bicyclic) bond motifs is 2. The Morgan fingerprint density at radius 1 is 1.06 bits per heavy atom. The first kappa shape index (κ1) is 21.4. The summed E-state index contributed by atoms with van der Waals surface area (Å²) in [7, 11) is -1.11. The van der Waals surface area contributed by atoms with Gasteiger partial charge in [0.25, 0.3) is 0 Å². The van der Waals surface area contributed by atoms with Crippen LogP contribution in [0, 0.1) is 0 Å². The second kappa shape index (κ2) is 8.58. The molecule has 2 aromatic rings. The molecule has 2 aromatic heterocycles. The maximum Gasteiger partial charge on any atom is 0.227 e. The summed E-state index contributed by atoms with van der Waals surface area (Å²) < 4.78 is 13.1. The van der Waals surface area contributed by atoms with Crippen molar-refractivity contribution in [2.75, 3.05) is 35.7 Å². The van der Waals surface area contributed by atoms with Gasteiger partial charge in [-0.25, -0.2) is 15.0 Å². The largest absolute Gasteiger partial charge is 0.394 e. The van der Waals surface area contributed by atoms with Crippen LogP contribution in [0.25, 0.3) is 0 Å². The van der Waals surface area contributed by atoms with E-state index in [9.17, 15) is 9.32 Å². The van der Waals surface area contributed by atoms with Crippen LogP contribution in [0.5, 0.6) is 0 Å². The fraction of sp³-hybridized carbons (Fsp3) is 0.667. The molecule has 2 aliphatic carbocycles. The lowest BCUT2D eigenvalue weighted by Crippen LogP contribution is -2.49. The molecule has 0 aromatic carbocycles. The third-order valence-corrected chi connectivity index (χ3v) is 9.43. The number of aromatic nitrogens is 4. The van der Waals surface area contributed by atoms with Gasteiger partial charge in [-0.3, -0.25) is 4.21 Å². The average molecular weight is 469 g/mol. The molecular formula is C24H32N6O2S. The minimum Gasteiger partial charge on any atom is -0.394 e. The molecule has 33 heavy (non-hydrogen) atoms. The molecule has 1 saturated carbocycles. The van der Waals surface area contributed by atoms with Crippen LogP contribution in [0.15, 0.2) is 11.1 Å². The van der Waals surface area contributed by atoms with E-state index < -0.39 is 10.8 Å². The quantitative estimate of drug-likeness (QED) is 0.690. The number of hydrogen-bond acceptors (Lipinski definition) is 8. The Bertz CT molecular complexity index is 1080. The maximum absolute atomic E-state index is 13.1. The van der Waals surface area contributed by atoms with Gasteiger partial charge >= 0.3 is 0 Å². The predicted octanol–water partition coefficient (Wildman–Crippen LogP) is 2.52. The molecule has 9 heteroatoms. The van der Waals surface area contributed by atoms with E-state index in [1.54, 1.807) is 0 Å². The second-order valence-corrected chi connectivity index (χ2v) is 11.5. The molecule has 2 fully saturated rings. The van der Waals surface area contributed by atoms with E-state index in [4.69, 9.17) is 15.0 Å². The van der Waals surface area contributed by atoms with Gasteiger partial charge < -0.3 is 15.3 Å². The van der Waals surface area contributed by atoms with Crippen molar-refractivity contribution < 1.29 is 9.32 Å². The number of aryl methyl sites for hydroxylation is 3. The normalized spacial score (nSPS) is 24.2. The van der Waals surface area contributed by atoms with Gasteiger partial charge in [0.1, 0.15) is 16.5 Å². The Hall–Kier alpha value is -2.13. The lowest BCUT2D eigenvalue weighted by Gasteiger charge is -2.42. The summed E-state index contributed by atoms with van der Waals surface area (Å²) >= 11 is 0. The smallest absolute Gasteiger partial charge is 0.227 e. The summed E-state index contributed by atoms with van der Waals surface area (Å²) in [5.74, 6) is 3.42. The number of anilines is 2. The van der Waals surface area contributed by atoms with Crippen LogP contribution in [-0.4, -0.2) is 60.2 Å². The van der Waals surface area contributed by atoms with Gasteiger partial charge in [-0.15, -0.1) is 0 Å². The van der Waals surface area contributed by atoms with Crippen LogP contribution in [0.2, 0.25) is 0 Å². The molecule has 4 aliphatic rings. The van der Waals surface area contributed by atoms with Crippen LogP contribution in [0.3, 0.4) is 0 Å². The number of piperidine rings is 1. The van der Waals surface area contributed by atoms with E-state index in [1.165, 1.54) is 11.3 Å². The number of aliphatic hydroxyl groups excluding tert-OH is 1. The highest BCUT2D eigenvalue weighted by Gasteiger charge is 2.38. The van der Waals surface area contributed by atoms with Crippen LogP contribution in [0.4, 0.5) is 11.8 Å². The van der Waals surface area contributed by atoms with Crippen molar-refractivity contribution in [2.45, 2.75) is 80.6 Å². The number of nitrogens with zero attached hydrogens (tertiary/aromatic N) is 5. The van der Waals surface area contributed by atoms with Crippen molar-refractivity contribution in [3.05, 3.63) is 29.0 Å². The van der Waals surface area contributed by atoms with Crippen molar-refractivity contribution in [1.29, 1.82) is 0 Å².